The maximum Gasteiger partial charge on any atom is 0.305 e. The fraction of sp³-hybridized carbons (Fsp3) is 0.769. The topological polar surface area (TPSA) is 90.9 Å². The van der Waals surface area contributed by atoms with Crippen LogP contribution in [-0.2, 0) is 14.3 Å². The van der Waals surface area contributed by atoms with Crippen molar-refractivity contribution in [1.82, 2.24) is 19.8 Å². The van der Waals surface area contributed by atoms with Crippen molar-refractivity contribution in [2.75, 3.05) is 56.1 Å². The molecule has 0 saturated carbocycles. The molecule has 0 aromatic carbocycles. The second kappa shape index (κ2) is 13.0. The van der Waals surface area contributed by atoms with Gasteiger partial charge in [-0.1, -0.05) is 12.8 Å². The Morgan fingerprint density at radius 1 is 1.03 bits per heavy atom. The Hall–Kier alpha value is -2.42. The van der Waals surface area contributed by atoms with Gasteiger partial charge in [-0.05, 0) is 51.5 Å². The molecule has 4 rings (SSSR count). The number of nitrogens with one attached hydrogen (secondary N) is 1. The van der Waals surface area contributed by atoms with Gasteiger partial charge in [0, 0.05) is 70.4 Å². The standard InChI is InChI=1S/C26H42N6O3/c1-2-35-25(34)9-7-8-24(33)31-18-12-22(13-19-31)32-17-11-21(20-32)28-26-27-14-10-23(29-26)30-15-5-3-4-6-16-30/h10,14,21-22H,2-9,11-13,15-20H2,1H3,(H,27,28,29). The third-order valence-electron chi connectivity index (χ3n) is 7.53. The molecule has 35 heavy (non-hydrogen) atoms. The number of carbonyl (C=O) groups is 2. The zero-order chi connectivity index (χ0) is 24.5. The first-order valence-corrected chi connectivity index (χ1v) is 13.6. The molecule has 0 bridgehead atoms. The third-order valence-corrected chi connectivity index (χ3v) is 7.53. The summed E-state index contributed by atoms with van der Waals surface area (Å²) < 4.78 is 4.94. The molecule has 1 N–H and O–H groups in total. The molecule has 0 aliphatic carbocycles. The molecule has 4 heterocycles. The Balaban J connectivity index is 1.18. The Kier molecular flexibility index (Phi) is 9.57. The fourth-order valence-electron chi connectivity index (χ4n) is 5.57. The predicted octanol–water partition coefficient (Wildman–Crippen LogP) is 3.07. The summed E-state index contributed by atoms with van der Waals surface area (Å²) in [5, 5.41) is 3.58. The van der Waals surface area contributed by atoms with Gasteiger partial charge in [-0.3, -0.25) is 14.5 Å². The van der Waals surface area contributed by atoms with Gasteiger partial charge in [-0.15, -0.1) is 0 Å². The van der Waals surface area contributed by atoms with E-state index in [2.05, 4.69) is 20.1 Å². The number of hydrogen-bond donors (Lipinski definition) is 1. The van der Waals surface area contributed by atoms with Gasteiger partial charge < -0.3 is 19.9 Å². The number of nitrogens with zero attached hydrogens (tertiary/aromatic N) is 5. The summed E-state index contributed by atoms with van der Waals surface area (Å²) in [5.74, 6) is 1.73. The highest BCUT2D eigenvalue weighted by atomic mass is 16.5. The lowest BCUT2D eigenvalue weighted by atomic mass is 10.0. The van der Waals surface area contributed by atoms with Gasteiger partial charge in [0.1, 0.15) is 5.82 Å². The number of amides is 1. The Bertz CT molecular complexity index is 821. The number of esters is 1. The van der Waals surface area contributed by atoms with E-state index in [1.807, 2.05) is 17.2 Å². The van der Waals surface area contributed by atoms with Crippen LogP contribution in [-0.4, -0.2) is 89.6 Å². The minimum atomic E-state index is -0.213. The minimum Gasteiger partial charge on any atom is -0.466 e. The molecule has 3 aliphatic rings. The average molecular weight is 487 g/mol. The van der Waals surface area contributed by atoms with E-state index >= 15 is 0 Å². The third kappa shape index (κ3) is 7.53. The van der Waals surface area contributed by atoms with Crippen LogP contribution in [0.1, 0.15) is 71.1 Å². The maximum atomic E-state index is 12.5. The van der Waals surface area contributed by atoms with E-state index in [0.29, 0.717) is 38.0 Å². The van der Waals surface area contributed by atoms with Crippen molar-refractivity contribution < 1.29 is 14.3 Å². The van der Waals surface area contributed by atoms with Crippen LogP contribution in [0.15, 0.2) is 12.3 Å². The van der Waals surface area contributed by atoms with Crippen LogP contribution >= 0.6 is 0 Å². The van der Waals surface area contributed by atoms with Gasteiger partial charge >= 0.3 is 5.97 Å². The van der Waals surface area contributed by atoms with Crippen molar-refractivity contribution in [1.29, 1.82) is 0 Å². The predicted molar refractivity (Wildman–Crippen MR) is 136 cm³/mol. The second-order valence-electron chi connectivity index (χ2n) is 10.0. The quantitative estimate of drug-likeness (QED) is 0.533. The van der Waals surface area contributed by atoms with Crippen molar-refractivity contribution in [3.63, 3.8) is 0 Å². The number of ether oxygens (including phenoxy) is 1. The zero-order valence-corrected chi connectivity index (χ0v) is 21.3. The Morgan fingerprint density at radius 3 is 2.54 bits per heavy atom. The molecule has 9 nitrogen and oxygen atoms in total. The van der Waals surface area contributed by atoms with E-state index in [1.165, 1.54) is 25.7 Å². The molecule has 0 radical (unpaired) electrons. The lowest BCUT2D eigenvalue weighted by molar-refractivity contribution is -0.143. The summed E-state index contributed by atoms with van der Waals surface area (Å²) in [6, 6.07) is 2.91. The molecule has 9 heteroatoms. The van der Waals surface area contributed by atoms with Gasteiger partial charge in [0.05, 0.1) is 6.61 Å². The maximum absolute atomic E-state index is 12.5. The van der Waals surface area contributed by atoms with E-state index in [-0.39, 0.29) is 11.9 Å². The second-order valence-corrected chi connectivity index (χ2v) is 10.0. The minimum absolute atomic E-state index is 0.162. The molecule has 194 valence electrons. The van der Waals surface area contributed by atoms with E-state index in [1.54, 1.807) is 6.92 Å². The first kappa shape index (κ1) is 25.7. The fourth-order valence-corrected chi connectivity index (χ4v) is 5.57. The SMILES string of the molecule is CCOC(=O)CCCC(=O)N1CCC(N2CCC(Nc3nccc(N4CCCCCC4)n3)C2)CC1. The van der Waals surface area contributed by atoms with Crippen LogP contribution in [0.2, 0.25) is 0 Å². The lowest BCUT2D eigenvalue weighted by Crippen LogP contribution is -2.46. The van der Waals surface area contributed by atoms with Crippen LogP contribution in [0, 0.1) is 0 Å². The van der Waals surface area contributed by atoms with E-state index < -0.39 is 0 Å². The molecular formula is C26H42N6O3. The summed E-state index contributed by atoms with van der Waals surface area (Å²) in [6.45, 7) is 8.04. The van der Waals surface area contributed by atoms with Crippen molar-refractivity contribution >= 4 is 23.6 Å². The summed E-state index contributed by atoms with van der Waals surface area (Å²) in [7, 11) is 0. The molecule has 1 amide bonds. The first-order chi connectivity index (χ1) is 17.1. The molecule has 3 fully saturated rings. The first-order valence-electron chi connectivity index (χ1n) is 13.6. The molecule has 1 aromatic rings. The van der Waals surface area contributed by atoms with Gasteiger partial charge in [0.2, 0.25) is 11.9 Å². The monoisotopic (exact) mass is 486 g/mol. The highest BCUT2D eigenvalue weighted by Gasteiger charge is 2.32. The van der Waals surface area contributed by atoms with Gasteiger partial charge in [-0.2, -0.15) is 4.98 Å². The summed E-state index contributed by atoms with van der Waals surface area (Å²) in [6.07, 6.45) is 11.4. The van der Waals surface area contributed by atoms with Crippen LogP contribution in [0.3, 0.4) is 0 Å². The van der Waals surface area contributed by atoms with Crippen molar-refractivity contribution in [3.05, 3.63) is 12.3 Å². The van der Waals surface area contributed by atoms with Crippen molar-refractivity contribution in [2.24, 2.45) is 0 Å². The average Bonchev–Trinajstić information content (AvgIpc) is 3.16. The van der Waals surface area contributed by atoms with Crippen LogP contribution < -0.4 is 10.2 Å². The highest BCUT2D eigenvalue weighted by molar-refractivity contribution is 5.77. The number of hydrogen-bond acceptors (Lipinski definition) is 8. The molecule has 1 unspecified atom stereocenters. The number of rotatable bonds is 9. The normalized spacial score (nSPS) is 22.1. The lowest BCUT2D eigenvalue weighted by Gasteiger charge is -2.37. The molecule has 1 aromatic heterocycles. The van der Waals surface area contributed by atoms with E-state index in [4.69, 9.17) is 9.72 Å². The largest absolute Gasteiger partial charge is 0.466 e. The van der Waals surface area contributed by atoms with E-state index in [9.17, 15) is 9.59 Å². The Morgan fingerprint density at radius 2 is 1.80 bits per heavy atom. The molecular weight excluding hydrogens is 444 g/mol. The molecule has 3 aliphatic heterocycles. The van der Waals surface area contributed by atoms with Gasteiger partial charge in [-0.25, -0.2) is 4.98 Å². The molecule has 3 saturated heterocycles. The number of carbonyl (C=O) groups excluding carboxylic acids is 2. The highest BCUT2D eigenvalue weighted by Crippen LogP contribution is 2.24. The Labute approximate surface area is 209 Å². The van der Waals surface area contributed by atoms with Crippen LogP contribution in [0.4, 0.5) is 11.8 Å². The number of aromatic nitrogens is 2. The van der Waals surface area contributed by atoms with Crippen molar-refractivity contribution in [2.45, 2.75) is 83.2 Å². The summed E-state index contributed by atoms with van der Waals surface area (Å²) >= 11 is 0. The van der Waals surface area contributed by atoms with Gasteiger partial charge in [0.15, 0.2) is 0 Å². The summed E-state index contributed by atoms with van der Waals surface area (Å²) in [5.41, 5.74) is 0. The number of likely N-dealkylation sites (tertiary alicyclic amines) is 2. The number of piperidine rings is 1. The van der Waals surface area contributed by atoms with Gasteiger partial charge in [0.25, 0.3) is 0 Å². The molecule has 1 atom stereocenters. The van der Waals surface area contributed by atoms with Crippen molar-refractivity contribution in [3.8, 4) is 0 Å². The van der Waals surface area contributed by atoms with Crippen LogP contribution in [0.25, 0.3) is 0 Å². The summed E-state index contributed by atoms with van der Waals surface area (Å²) in [4.78, 5) is 40.2. The van der Waals surface area contributed by atoms with E-state index in [0.717, 1.165) is 70.3 Å². The molecule has 0 spiro atoms. The smallest absolute Gasteiger partial charge is 0.305 e. The zero-order valence-electron chi connectivity index (χ0n) is 21.3. The van der Waals surface area contributed by atoms with Crippen LogP contribution in [0.5, 0.6) is 0 Å². The number of anilines is 2.